The van der Waals surface area contributed by atoms with Gasteiger partial charge in [-0.1, -0.05) is 31.0 Å². The van der Waals surface area contributed by atoms with Crippen LogP contribution >= 0.6 is 0 Å². The van der Waals surface area contributed by atoms with Crippen LogP contribution in [0.25, 0.3) is 16.7 Å². The summed E-state index contributed by atoms with van der Waals surface area (Å²) in [4.78, 5) is 20.9. The van der Waals surface area contributed by atoms with Gasteiger partial charge in [-0.05, 0) is 56.7 Å². The van der Waals surface area contributed by atoms with Crippen LogP contribution in [-0.4, -0.2) is 38.7 Å². The van der Waals surface area contributed by atoms with Crippen molar-refractivity contribution in [2.75, 3.05) is 13.1 Å². The molecule has 2 saturated carbocycles. The minimum absolute atomic E-state index is 0.181. The number of carbonyl (C=O) groups is 1. The van der Waals surface area contributed by atoms with Crippen LogP contribution in [0, 0.1) is 0 Å². The van der Waals surface area contributed by atoms with Gasteiger partial charge in [-0.2, -0.15) is 5.10 Å². The molecule has 1 amide bonds. The SMILES string of the molecule is O=C(c1cc(C2CC2)nc2c1c(C1CC1)nn2-c1ccccc1)N1CCCCCC1. The van der Waals surface area contributed by atoms with E-state index in [0.29, 0.717) is 11.8 Å². The van der Waals surface area contributed by atoms with Gasteiger partial charge in [-0.15, -0.1) is 0 Å². The minimum atomic E-state index is 0.181. The predicted molar refractivity (Wildman–Crippen MR) is 117 cm³/mol. The number of fused-ring (bicyclic) bond motifs is 1. The first-order valence-electron chi connectivity index (χ1n) is 11.6. The van der Waals surface area contributed by atoms with E-state index in [-0.39, 0.29) is 5.91 Å². The molecule has 2 aromatic heterocycles. The van der Waals surface area contributed by atoms with Gasteiger partial charge in [0, 0.05) is 30.6 Å². The number of hydrogen-bond donors (Lipinski definition) is 0. The summed E-state index contributed by atoms with van der Waals surface area (Å²) in [5, 5.41) is 6.03. The standard InChI is InChI=1S/C25H28N4O/c30-25(28-14-6-1-2-7-15-28)20-16-21(17-10-11-17)26-24-22(20)23(18-12-13-18)27-29(24)19-8-4-3-5-9-19/h3-5,8-9,16-18H,1-2,6-7,10-15H2. The molecule has 1 saturated heterocycles. The fourth-order valence-electron chi connectivity index (χ4n) is 4.75. The van der Waals surface area contributed by atoms with Crippen molar-refractivity contribution in [2.45, 2.75) is 63.2 Å². The van der Waals surface area contributed by atoms with E-state index >= 15 is 0 Å². The molecule has 6 rings (SSSR count). The summed E-state index contributed by atoms with van der Waals surface area (Å²) in [6.45, 7) is 1.74. The van der Waals surface area contributed by atoms with Gasteiger partial charge in [0.15, 0.2) is 5.65 Å². The third-order valence-corrected chi connectivity index (χ3v) is 6.77. The monoisotopic (exact) mass is 400 g/mol. The highest BCUT2D eigenvalue weighted by Crippen LogP contribution is 2.45. The highest BCUT2D eigenvalue weighted by Gasteiger charge is 2.35. The lowest BCUT2D eigenvalue weighted by Crippen LogP contribution is -2.32. The van der Waals surface area contributed by atoms with Gasteiger partial charge in [0.2, 0.25) is 0 Å². The summed E-state index contributed by atoms with van der Waals surface area (Å²) in [6, 6.07) is 12.3. The van der Waals surface area contributed by atoms with Gasteiger partial charge < -0.3 is 4.90 Å². The number of benzene rings is 1. The van der Waals surface area contributed by atoms with Crippen LogP contribution in [0.5, 0.6) is 0 Å². The molecule has 3 fully saturated rings. The number of nitrogens with zero attached hydrogens (tertiary/aromatic N) is 4. The fraction of sp³-hybridized carbons (Fsp3) is 0.480. The number of pyridine rings is 1. The molecule has 154 valence electrons. The summed E-state index contributed by atoms with van der Waals surface area (Å²) in [7, 11) is 0. The van der Waals surface area contributed by atoms with Crippen molar-refractivity contribution in [3.8, 4) is 5.69 Å². The number of carbonyl (C=O) groups excluding carboxylic acids is 1. The predicted octanol–water partition coefficient (Wildman–Crippen LogP) is 5.19. The molecule has 2 aliphatic carbocycles. The Labute approximate surface area is 177 Å². The van der Waals surface area contributed by atoms with Crippen LogP contribution in [0.4, 0.5) is 0 Å². The molecule has 3 aliphatic rings. The van der Waals surface area contributed by atoms with Crippen molar-refractivity contribution < 1.29 is 4.79 Å². The average molecular weight is 401 g/mol. The van der Waals surface area contributed by atoms with Gasteiger partial charge >= 0.3 is 0 Å². The zero-order chi connectivity index (χ0) is 20.1. The van der Waals surface area contributed by atoms with E-state index in [1.807, 2.05) is 22.9 Å². The number of aromatic nitrogens is 3. The molecular weight excluding hydrogens is 372 g/mol. The second-order valence-corrected chi connectivity index (χ2v) is 9.18. The molecule has 3 heterocycles. The van der Waals surface area contributed by atoms with Gasteiger partial charge in [-0.3, -0.25) is 4.79 Å². The van der Waals surface area contributed by atoms with E-state index < -0.39 is 0 Å². The van der Waals surface area contributed by atoms with Crippen LogP contribution in [0.3, 0.4) is 0 Å². The van der Waals surface area contributed by atoms with E-state index in [0.717, 1.165) is 72.4 Å². The summed E-state index contributed by atoms with van der Waals surface area (Å²) in [6.07, 6.45) is 9.31. The minimum Gasteiger partial charge on any atom is -0.339 e. The molecule has 0 bridgehead atoms. The second-order valence-electron chi connectivity index (χ2n) is 9.18. The molecule has 0 atom stereocenters. The van der Waals surface area contributed by atoms with Gasteiger partial charge in [0.1, 0.15) is 0 Å². The maximum Gasteiger partial charge on any atom is 0.254 e. The van der Waals surface area contributed by atoms with Gasteiger partial charge in [0.25, 0.3) is 5.91 Å². The first-order chi connectivity index (χ1) is 14.8. The summed E-state index contributed by atoms with van der Waals surface area (Å²) >= 11 is 0. The highest BCUT2D eigenvalue weighted by molar-refractivity contribution is 6.07. The van der Waals surface area contributed by atoms with E-state index in [9.17, 15) is 4.79 Å². The Morgan fingerprint density at radius 1 is 0.900 bits per heavy atom. The molecule has 0 N–H and O–H groups in total. The third kappa shape index (κ3) is 3.21. The van der Waals surface area contributed by atoms with E-state index in [1.54, 1.807) is 0 Å². The smallest absolute Gasteiger partial charge is 0.254 e. The average Bonchev–Trinajstić information content (AvgIpc) is 3.68. The molecule has 0 spiro atoms. The number of likely N-dealkylation sites (tertiary alicyclic amines) is 1. The molecule has 1 aliphatic heterocycles. The molecule has 30 heavy (non-hydrogen) atoms. The van der Waals surface area contributed by atoms with Gasteiger partial charge in [0.05, 0.1) is 22.3 Å². The maximum absolute atomic E-state index is 13.8. The Morgan fingerprint density at radius 2 is 1.60 bits per heavy atom. The van der Waals surface area contributed by atoms with Crippen LogP contribution in [0.2, 0.25) is 0 Å². The Morgan fingerprint density at radius 3 is 2.27 bits per heavy atom. The Kier molecular flexibility index (Phi) is 4.36. The second kappa shape index (κ2) is 7.22. The van der Waals surface area contributed by atoms with Crippen LogP contribution in [0.1, 0.15) is 84.9 Å². The largest absolute Gasteiger partial charge is 0.339 e. The Hall–Kier alpha value is -2.69. The van der Waals surface area contributed by atoms with Crippen molar-refractivity contribution in [3.05, 3.63) is 53.3 Å². The van der Waals surface area contributed by atoms with Crippen molar-refractivity contribution >= 4 is 16.9 Å². The van der Waals surface area contributed by atoms with Crippen molar-refractivity contribution in [2.24, 2.45) is 0 Å². The quantitative estimate of drug-likeness (QED) is 0.605. The number of amides is 1. The first-order valence-corrected chi connectivity index (χ1v) is 11.6. The molecule has 5 nitrogen and oxygen atoms in total. The van der Waals surface area contributed by atoms with Crippen molar-refractivity contribution in [1.29, 1.82) is 0 Å². The topological polar surface area (TPSA) is 51.0 Å². The zero-order valence-electron chi connectivity index (χ0n) is 17.4. The third-order valence-electron chi connectivity index (χ3n) is 6.77. The number of rotatable bonds is 4. The fourth-order valence-corrected chi connectivity index (χ4v) is 4.75. The Balaban J connectivity index is 1.56. The van der Waals surface area contributed by atoms with Crippen molar-refractivity contribution in [3.63, 3.8) is 0 Å². The molecule has 3 aromatic rings. The maximum atomic E-state index is 13.8. The number of para-hydroxylation sites is 1. The molecule has 5 heteroatoms. The highest BCUT2D eigenvalue weighted by atomic mass is 16.2. The molecule has 0 unspecified atom stereocenters. The molecular formula is C25H28N4O. The van der Waals surface area contributed by atoms with Crippen LogP contribution in [-0.2, 0) is 0 Å². The first kappa shape index (κ1) is 18.1. The van der Waals surface area contributed by atoms with Gasteiger partial charge in [-0.25, -0.2) is 9.67 Å². The summed E-state index contributed by atoms with van der Waals surface area (Å²) < 4.78 is 1.98. The lowest BCUT2D eigenvalue weighted by Gasteiger charge is -2.21. The van der Waals surface area contributed by atoms with E-state index in [4.69, 9.17) is 10.1 Å². The summed E-state index contributed by atoms with van der Waals surface area (Å²) in [5.74, 6) is 1.14. The van der Waals surface area contributed by atoms with Crippen LogP contribution < -0.4 is 0 Å². The Bertz CT molecular complexity index is 1090. The zero-order valence-corrected chi connectivity index (χ0v) is 17.4. The lowest BCUT2D eigenvalue weighted by atomic mass is 10.0. The lowest BCUT2D eigenvalue weighted by molar-refractivity contribution is 0.0763. The normalized spacial score (nSPS) is 19.8. The number of hydrogen-bond acceptors (Lipinski definition) is 3. The van der Waals surface area contributed by atoms with Crippen molar-refractivity contribution in [1.82, 2.24) is 19.7 Å². The molecule has 1 aromatic carbocycles. The molecule has 0 radical (unpaired) electrons. The van der Waals surface area contributed by atoms with E-state index in [2.05, 4.69) is 23.1 Å². The van der Waals surface area contributed by atoms with E-state index in [1.165, 1.54) is 25.7 Å². The summed E-state index contributed by atoms with van der Waals surface area (Å²) in [5.41, 5.74) is 4.86. The van der Waals surface area contributed by atoms with Crippen LogP contribution in [0.15, 0.2) is 36.4 Å².